The Labute approximate surface area is 127 Å². The van der Waals surface area contributed by atoms with Crippen LogP contribution in [0.1, 0.15) is 45.6 Å². The smallest absolute Gasteiger partial charge is 0.0338 e. The molecule has 0 bridgehead atoms. The lowest BCUT2D eigenvalue weighted by molar-refractivity contribution is 0.0167. The molecule has 0 spiro atoms. The summed E-state index contributed by atoms with van der Waals surface area (Å²) in [7, 11) is 0. The van der Waals surface area contributed by atoms with E-state index < -0.39 is 0 Å². The summed E-state index contributed by atoms with van der Waals surface area (Å²) in [5, 5.41) is 8.37. The first kappa shape index (κ1) is 14.6. The molecule has 2 fully saturated rings. The molecule has 1 saturated carbocycles. The predicted molar refractivity (Wildman–Crippen MR) is 87.1 cm³/mol. The molecule has 1 aliphatic carbocycles. The highest BCUT2D eigenvalue weighted by Gasteiger charge is 2.48. The van der Waals surface area contributed by atoms with Crippen molar-refractivity contribution in [3.8, 4) is 0 Å². The summed E-state index contributed by atoms with van der Waals surface area (Å²) in [6, 6.07) is 2.95. The zero-order valence-electron chi connectivity index (χ0n) is 13.1. The van der Waals surface area contributed by atoms with Crippen molar-refractivity contribution >= 4 is 11.3 Å². The Morgan fingerprint density at radius 1 is 1.50 bits per heavy atom. The third-order valence-corrected chi connectivity index (χ3v) is 6.33. The molecule has 1 aromatic rings. The molecule has 1 aliphatic heterocycles. The Morgan fingerprint density at radius 2 is 2.30 bits per heavy atom. The minimum absolute atomic E-state index is 0.367. The fourth-order valence-electron chi connectivity index (χ4n) is 3.58. The van der Waals surface area contributed by atoms with Crippen molar-refractivity contribution in [1.82, 2.24) is 10.2 Å². The van der Waals surface area contributed by atoms with Gasteiger partial charge in [-0.2, -0.15) is 11.3 Å². The second kappa shape index (κ2) is 5.78. The van der Waals surface area contributed by atoms with Gasteiger partial charge in [0.1, 0.15) is 0 Å². The summed E-state index contributed by atoms with van der Waals surface area (Å²) in [5.41, 5.74) is 1.86. The largest absolute Gasteiger partial charge is 0.311 e. The van der Waals surface area contributed by atoms with Crippen molar-refractivity contribution in [2.24, 2.45) is 11.8 Å². The first-order valence-electron chi connectivity index (χ1n) is 8.13. The number of thiophene rings is 1. The summed E-state index contributed by atoms with van der Waals surface area (Å²) in [5.74, 6) is 1.68. The van der Waals surface area contributed by atoms with Crippen LogP contribution in [0.15, 0.2) is 16.8 Å². The van der Waals surface area contributed by atoms with E-state index in [2.05, 4.69) is 47.8 Å². The van der Waals surface area contributed by atoms with E-state index in [9.17, 15) is 0 Å². The van der Waals surface area contributed by atoms with Crippen molar-refractivity contribution in [2.45, 2.75) is 58.2 Å². The highest BCUT2D eigenvalue weighted by molar-refractivity contribution is 7.07. The Kier molecular flexibility index (Phi) is 4.21. The molecule has 112 valence electrons. The number of hydrogen-bond acceptors (Lipinski definition) is 3. The monoisotopic (exact) mass is 292 g/mol. The molecule has 0 aromatic carbocycles. The molecule has 0 radical (unpaired) electrons. The van der Waals surface area contributed by atoms with Crippen LogP contribution in [0.3, 0.4) is 0 Å². The van der Waals surface area contributed by atoms with E-state index in [4.69, 9.17) is 0 Å². The van der Waals surface area contributed by atoms with Crippen LogP contribution in [0.5, 0.6) is 0 Å². The molecule has 2 nitrogen and oxygen atoms in total. The Bertz CT molecular complexity index is 426. The summed E-state index contributed by atoms with van der Waals surface area (Å²) >= 11 is 1.82. The molecule has 3 unspecified atom stereocenters. The van der Waals surface area contributed by atoms with Crippen LogP contribution in [0.2, 0.25) is 0 Å². The third-order valence-electron chi connectivity index (χ3n) is 5.60. The highest BCUT2D eigenvalue weighted by atomic mass is 32.1. The number of piperazine rings is 1. The van der Waals surface area contributed by atoms with Gasteiger partial charge >= 0.3 is 0 Å². The number of nitrogens with zero attached hydrogens (tertiary/aromatic N) is 1. The molecule has 2 aliphatic rings. The van der Waals surface area contributed by atoms with E-state index in [1.165, 1.54) is 31.4 Å². The molecule has 20 heavy (non-hydrogen) atoms. The lowest BCUT2D eigenvalue weighted by Crippen LogP contribution is -2.65. The zero-order valence-corrected chi connectivity index (χ0v) is 13.9. The minimum Gasteiger partial charge on any atom is -0.311 e. The lowest BCUT2D eigenvalue weighted by Gasteiger charge is -2.50. The molecular weight excluding hydrogens is 264 g/mol. The van der Waals surface area contributed by atoms with Crippen molar-refractivity contribution < 1.29 is 0 Å². The van der Waals surface area contributed by atoms with E-state index >= 15 is 0 Å². The molecule has 0 amide bonds. The van der Waals surface area contributed by atoms with Crippen molar-refractivity contribution in [3.05, 3.63) is 22.4 Å². The lowest BCUT2D eigenvalue weighted by atomic mass is 9.86. The van der Waals surface area contributed by atoms with Gasteiger partial charge in [-0.1, -0.05) is 20.3 Å². The second-order valence-corrected chi connectivity index (χ2v) is 7.80. The fraction of sp³-hybridized carbons (Fsp3) is 0.765. The SMILES string of the molecule is CCC(C)C1CN(Cc2ccsc2)C(C)(C2CC2)CN1. The van der Waals surface area contributed by atoms with Gasteiger partial charge in [-0.25, -0.2) is 0 Å². The van der Waals surface area contributed by atoms with Crippen molar-refractivity contribution in [3.63, 3.8) is 0 Å². The number of hydrogen-bond donors (Lipinski definition) is 1. The fourth-order valence-corrected chi connectivity index (χ4v) is 4.24. The van der Waals surface area contributed by atoms with E-state index in [0.717, 1.165) is 24.9 Å². The molecule has 1 saturated heterocycles. The summed E-state index contributed by atoms with van der Waals surface area (Å²) < 4.78 is 0. The van der Waals surface area contributed by atoms with Crippen LogP contribution < -0.4 is 5.32 Å². The average Bonchev–Trinajstić information content (AvgIpc) is 3.20. The summed E-state index contributed by atoms with van der Waals surface area (Å²) in [6.07, 6.45) is 4.11. The highest BCUT2D eigenvalue weighted by Crippen LogP contribution is 2.44. The van der Waals surface area contributed by atoms with Gasteiger partial charge in [-0.3, -0.25) is 4.90 Å². The van der Waals surface area contributed by atoms with Crippen LogP contribution in [-0.2, 0) is 6.54 Å². The molecule has 3 rings (SSSR count). The second-order valence-electron chi connectivity index (χ2n) is 7.02. The van der Waals surface area contributed by atoms with E-state index in [0.29, 0.717) is 11.6 Å². The van der Waals surface area contributed by atoms with Gasteiger partial charge in [-0.05, 0) is 54.0 Å². The van der Waals surface area contributed by atoms with E-state index in [1.807, 2.05) is 11.3 Å². The van der Waals surface area contributed by atoms with Crippen molar-refractivity contribution in [1.29, 1.82) is 0 Å². The molecule has 1 N–H and O–H groups in total. The zero-order chi connectivity index (χ0) is 14.2. The first-order chi connectivity index (χ1) is 9.63. The predicted octanol–water partition coefficient (Wildman–Crippen LogP) is 3.74. The van der Waals surface area contributed by atoms with E-state index in [-0.39, 0.29) is 0 Å². The molecule has 3 heteroatoms. The van der Waals surface area contributed by atoms with Gasteiger partial charge < -0.3 is 5.32 Å². The first-order valence-corrected chi connectivity index (χ1v) is 9.07. The number of rotatable bonds is 5. The van der Waals surface area contributed by atoms with Gasteiger partial charge in [0, 0.05) is 31.2 Å². The van der Waals surface area contributed by atoms with Gasteiger partial charge in [-0.15, -0.1) is 0 Å². The van der Waals surface area contributed by atoms with Gasteiger partial charge in [0.25, 0.3) is 0 Å². The summed E-state index contributed by atoms with van der Waals surface area (Å²) in [6.45, 7) is 10.7. The normalized spacial score (nSPS) is 33.2. The quantitative estimate of drug-likeness (QED) is 0.889. The third kappa shape index (κ3) is 2.81. The van der Waals surface area contributed by atoms with Gasteiger partial charge in [0.2, 0.25) is 0 Å². The average molecular weight is 292 g/mol. The maximum atomic E-state index is 3.85. The van der Waals surface area contributed by atoms with Crippen LogP contribution in [0.4, 0.5) is 0 Å². The molecule has 1 aromatic heterocycles. The topological polar surface area (TPSA) is 15.3 Å². The summed E-state index contributed by atoms with van der Waals surface area (Å²) in [4.78, 5) is 2.78. The Balaban J connectivity index is 1.75. The maximum absolute atomic E-state index is 3.85. The molecule has 2 heterocycles. The van der Waals surface area contributed by atoms with Crippen molar-refractivity contribution in [2.75, 3.05) is 13.1 Å². The van der Waals surface area contributed by atoms with Gasteiger partial charge in [0.05, 0.1) is 0 Å². The maximum Gasteiger partial charge on any atom is 0.0338 e. The van der Waals surface area contributed by atoms with Crippen LogP contribution in [-0.4, -0.2) is 29.6 Å². The Morgan fingerprint density at radius 3 is 2.90 bits per heavy atom. The van der Waals surface area contributed by atoms with Crippen LogP contribution in [0.25, 0.3) is 0 Å². The van der Waals surface area contributed by atoms with Crippen LogP contribution >= 0.6 is 11.3 Å². The van der Waals surface area contributed by atoms with E-state index in [1.54, 1.807) is 0 Å². The van der Waals surface area contributed by atoms with Gasteiger partial charge in [0.15, 0.2) is 0 Å². The minimum atomic E-state index is 0.367. The van der Waals surface area contributed by atoms with Crippen LogP contribution in [0, 0.1) is 11.8 Å². The molecule has 3 atom stereocenters. The standard InChI is InChI=1S/C17H28N2S/c1-4-13(2)16-10-19(9-14-7-8-20-11-14)17(3,12-18-16)15-5-6-15/h7-8,11,13,15-16,18H,4-6,9-10,12H2,1-3H3. The Hall–Kier alpha value is -0.380. The number of nitrogens with one attached hydrogen (secondary N) is 1. The molecular formula is C17H28N2S.